The van der Waals surface area contributed by atoms with Crippen molar-refractivity contribution in [1.82, 2.24) is 15.2 Å². The van der Waals surface area contributed by atoms with Gasteiger partial charge in [-0.3, -0.25) is 14.6 Å². The molecule has 8 nitrogen and oxygen atoms in total. The summed E-state index contributed by atoms with van der Waals surface area (Å²) in [6.45, 7) is 0. The molecule has 0 saturated carbocycles. The van der Waals surface area contributed by atoms with E-state index < -0.39 is 0 Å². The minimum absolute atomic E-state index is 0.132. The lowest BCUT2D eigenvalue weighted by Crippen LogP contribution is -2.13. The molecule has 0 fully saturated rings. The molecule has 2 amide bonds. The lowest BCUT2D eigenvalue weighted by Gasteiger charge is -2.05. The van der Waals surface area contributed by atoms with Crippen molar-refractivity contribution in [3.05, 3.63) is 83.1 Å². The summed E-state index contributed by atoms with van der Waals surface area (Å²) in [5.74, 6) is 0.0306. The number of thioether (sulfide) groups is 1. The van der Waals surface area contributed by atoms with Crippen molar-refractivity contribution in [3.8, 4) is 11.5 Å². The fraction of sp³-hybridized carbons (Fsp3) is 0.0455. The first-order chi connectivity index (χ1) is 15.6. The Morgan fingerprint density at radius 2 is 1.81 bits per heavy atom. The molecule has 10 heteroatoms. The summed E-state index contributed by atoms with van der Waals surface area (Å²) in [7, 11) is 0. The molecule has 4 aromatic rings. The minimum Gasteiger partial charge on any atom is -0.411 e. The molecule has 0 saturated heterocycles. The third kappa shape index (κ3) is 5.80. The second kappa shape index (κ2) is 10.2. The van der Waals surface area contributed by atoms with E-state index in [0.29, 0.717) is 33.6 Å². The predicted octanol–water partition coefficient (Wildman–Crippen LogP) is 4.88. The van der Waals surface area contributed by atoms with Crippen LogP contribution in [0.5, 0.6) is 0 Å². The number of rotatable bonds is 7. The fourth-order valence-corrected chi connectivity index (χ4v) is 3.63. The summed E-state index contributed by atoms with van der Waals surface area (Å²) in [4.78, 5) is 28.3. The average Bonchev–Trinajstić information content (AvgIpc) is 3.28. The Hall–Kier alpha value is -3.50. The molecule has 2 aromatic heterocycles. The first kappa shape index (κ1) is 21.7. The van der Waals surface area contributed by atoms with Crippen LogP contribution in [0.2, 0.25) is 0 Å². The number of aromatic nitrogens is 3. The first-order valence-corrected chi connectivity index (χ1v) is 11.2. The van der Waals surface area contributed by atoms with E-state index in [4.69, 9.17) is 4.42 Å². The van der Waals surface area contributed by atoms with Gasteiger partial charge in [-0.05, 0) is 54.6 Å². The highest BCUT2D eigenvalue weighted by atomic mass is 79.9. The minimum atomic E-state index is -0.247. The maximum Gasteiger partial charge on any atom is 0.277 e. The van der Waals surface area contributed by atoms with Crippen molar-refractivity contribution in [2.24, 2.45) is 0 Å². The summed E-state index contributed by atoms with van der Waals surface area (Å²) in [6.07, 6.45) is 3.11. The number of nitrogens with one attached hydrogen (secondary N) is 2. The van der Waals surface area contributed by atoms with Crippen molar-refractivity contribution in [1.29, 1.82) is 0 Å². The largest absolute Gasteiger partial charge is 0.411 e. The van der Waals surface area contributed by atoms with Crippen LogP contribution in [-0.2, 0) is 4.79 Å². The molecule has 2 aromatic carbocycles. The van der Waals surface area contributed by atoms with Gasteiger partial charge in [0.2, 0.25) is 11.8 Å². The highest BCUT2D eigenvalue weighted by Crippen LogP contribution is 2.25. The van der Waals surface area contributed by atoms with Crippen LogP contribution in [0.3, 0.4) is 0 Å². The van der Waals surface area contributed by atoms with Gasteiger partial charge in [-0.2, -0.15) is 0 Å². The van der Waals surface area contributed by atoms with Crippen LogP contribution in [0.4, 0.5) is 11.4 Å². The molecule has 2 heterocycles. The van der Waals surface area contributed by atoms with Crippen LogP contribution < -0.4 is 10.6 Å². The maximum absolute atomic E-state index is 12.2. The van der Waals surface area contributed by atoms with Gasteiger partial charge in [-0.1, -0.05) is 33.8 Å². The topological polar surface area (TPSA) is 110 Å². The molecule has 0 bridgehead atoms. The molecule has 4 rings (SSSR count). The zero-order chi connectivity index (χ0) is 22.3. The summed E-state index contributed by atoms with van der Waals surface area (Å²) in [5, 5.41) is 13.9. The smallest absolute Gasteiger partial charge is 0.277 e. The molecule has 160 valence electrons. The van der Waals surface area contributed by atoms with Crippen LogP contribution in [-0.4, -0.2) is 32.7 Å². The molecule has 0 unspecified atom stereocenters. The number of amides is 2. The third-order valence-corrected chi connectivity index (χ3v) is 5.47. The molecular weight excluding hydrogens is 494 g/mol. The Kier molecular flexibility index (Phi) is 6.93. The number of nitrogens with zero attached hydrogens (tertiary/aromatic N) is 3. The lowest BCUT2D eigenvalue weighted by molar-refractivity contribution is -0.113. The molecule has 2 N–H and O–H groups in total. The molecule has 0 aliphatic carbocycles. The van der Waals surface area contributed by atoms with E-state index in [9.17, 15) is 9.59 Å². The second-order valence-electron chi connectivity index (χ2n) is 6.49. The quantitative estimate of drug-likeness (QED) is 0.341. The van der Waals surface area contributed by atoms with Gasteiger partial charge in [0.15, 0.2) is 0 Å². The van der Waals surface area contributed by atoms with E-state index in [0.717, 1.165) is 16.2 Å². The predicted molar refractivity (Wildman–Crippen MR) is 125 cm³/mol. The van der Waals surface area contributed by atoms with Gasteiger partial charge in [0, 0.05) is 33.8 Å². The van der Waals surface area contributed by atoms with E-state index >= 15 is 0 Å². The van der Waals surface area contributed by atoms with Crippen LogP contribution in [0.25, 0.3) is 11.5 Å². The first-order valence-electron chi connectivity index (χ1n) is 9.40. The molecule has 0 aliphatic rings. The average molecular weight is 510 g/mol. The number of hydrogen-bond donors (Lipinski definition) is 2. The summed E-state index contributed by atoms with van der Waals surface area (Å²) in [5.41, 5.74) is 2.49. The molecule has 0 atom stereocenters. The molecule has 0 aliphatic heterocycles. The SMILES string of the molecule is O=C(CSc1nnc(-c2ccc(NC(=O)c3cccnc3)cc2)o1)Nc1cccc(Br)c1. The highest BCUT2D eigenvalue weighted by molar-refractivity contribution is 9.10. The van der Waals surface area contributed by atoms with Gasteiger partial charge in [0.25, 0.3) is 11.1 Å². The van der Waals surface area contributed by atoms with E-state index in [1.165, 1.54) is 6.20 Å². The lowest BCUT2D eigenvalue weighted by atomic mass is 10.2. The van der Waals surface area contributed by atoms with Gasteiger partial charge in [-0.15, -0.1) is 10.2 Å². The van der Waals surface area contributed by atoms with Crippen molar-refractivity contribution >= 4 is 50.9 Å². The Morgan fingerprint density at radius 1 is 0.969 bits per heavy atom. The normalized spacial score (nSPS) is 10.5. The molecule has 0 radical (unpaired) electrons. The standard InChI is InChI=1S/C22H16BrN5O3S/c23-16-4-1-5-18(11-16)25-19(29)13-32-22-28-27-21(31-22)14-6-8-17(9-7-14)26-20(30)15-3-2-10-24-12-15/h1-12H,13H2,(H,25,29)(H,26,30). The zero-order valence-corrected chi connectivity index (χ0v) is 18.9. The van der Waals surface area contributed by atoms with Crippen molar-refractivity contribution in [3.63, 3.8) is 0 Å². The van der Waals surface area contributed by atoms with Crippen molar-refractivity contribution in [2.75, 3.05) is 16.4 Å². The number of carbonyl (C=O) groups is 2. The summed E-state index contributed by atoms with van der Waals surface area (Å²) in [6, 6.07) is 17.7. The van der Waals surface area contributed by atoms with E-state index in [2.05, 4.69) is 41.7 Å². The zero-order valence-electron chi connectivity index (χ0n) is 16.5. The number of halogens is 1. The van der Waals surface area contributed by atoms with Crippen molar-refractivity contribution < 1.29 is 14.0 Å². The second-order valence-corrected chi connectivity index (χ2v) is 8.34. The maximum atomic E-state index is 12.2. The fourth-order valence-electron chi connectivity index (χ4n) is 2.67. The Morgan fingerprint density at radius 3 is 2.56 bits per heavy atom. The Labute approximate surface area is 196 Å². The van der Waals surface area contributed by atoms with Crippen LogP contribution in [0.1, 0.15) is 10.4 Å². The van der Waals surface area contributed by atoms with Gasteiger partial charge >= 0.3 is 0 Å². The van der Waals surface area contributed by atoms with Crippen LogP contribution >= 0.6 is 27.7 Å². The molecule has 0 spiro atoms. The van der Waals surface area contributed by atoms with E-state index in [1.807, 2.05) is 18.2 Å². The van der Waals surface area contributed by atoms with Crippen LogP contribution in [0, 0.1) is 0 Å². The monoisotopic (exact) mass is 509 g/mol. The number of pyridine rings is 1. The molecular formula is C22H16BrN5O3S. The van der Waals surface area contributed by atoms with Gasteiger partial charge < -0.3 is 15.1 Å². The van der Waals surface area contributed by atoms with Gasteiger partial charge in [0.05, 0.1) is 11.3 Å². The highest BCUT2D eigenvalue weighted by Gasteiger charge is 2.12. The van der Waals surface area contributed by atoms with Crippen LogP contribution in [0.15, 0.2) is 87.2 Å². The van der Waals surface area contributed by atoms with E-state index in [-0.39, 0.29) is 17.6 Å². The number of anilines is 2. The van der Waals surface area contributed by atoms with Gasteiger partial charge in [-0.25, -0.2) is 0 Å². The van der Waals surface area contributed by atoms with Gasteiger partial charge in [0.1, 0.15) is 0 Å². The number of hydrogen-bond acceptors (Lipinski definition) is 7. The third-order valence-electron chi connectivity index (χ3n) is 4.16. The Bertz CT molecular complexity index is 1230. The van der Waals surface area contributed by atoms with Crippen molar-refractivity contribution in [2.45, 2.75) is 5.22 Å². The molecule has 32 heavy (non-hydrogen) atoms. The van der Waals surface area contributed by atoms with E-state index in [1.54, 1.807) is 48.7 Å². The number of carbonyl (C=O) groups excluding carboxylic acids is 2. The summed E-state index contributed by atoms with van der Waals surface area (Å²) < 4.78 is 6.52. The summed E-state index contributed by atoms with van der Waals surface area (Å²) >= 11 is 4.52. The Balaban J connectivity index is 1.32. The number of benzene rings is 2.